The molecule has 1 saturated heterocycles. The zero-order chi connectivity index (χ0) is 23.7. The number of aliphatic hydroxyl groups excluding tert-OH is 1. The average Bonchev–Trinajstić information content (AvgIpc) is 2.85. The Labute approximate surface area is 201 Å². The standard InChI is InChI=1S/C27H35N5O2/c1-29(2)23-8-5-12-31(16-23)22-9-10-25-26(14-22)28-19-32(27(25)34)18-24(33)17-30-13-11-20-6-3-4-7-21(20)15-30/h3-4,6-7,9-10,14,19,23-24,33H,5,8,11-13,15-18H2,1-2H3/t23?,24-/m1/s1. The average molecular weight is 462 g/mol. The monoisotopic (exact) mass is 461 g/mol. The second kappa shape index (κ2) is 9.86. The van der Waals surface area contributed by atoms with E-state index < -0.39 is 6.10 Å². The van der Waals surface area contributed by atoms with Crippen LogP contribution in [0.3, 0.4) is 0 Å². The number of likely N-dealkylation sites (N-methyl/N-ethyl adjacent to an activating group) is 1. The molecule has 2 aliphatic heterocycles. The highest BCUT2D eigenvalue weighted by atomic mass is 16.3. The van der Waals surface area contributed by atoms with Crippen LogP contribution < -0.4 is 10.5 Å². The molecular weight excluding hydrogens is 426 g/mol. The normalized spacial score (nSPS) is 20.0. The molecule has 1 fully saturated rings. The Balaban J connectivity index is 1.27. The summed E-state index contributed by atoms with van der Waals surface area (Å²) in [5.41, 5.74) is 4.46. The molecule has 0 radical (unpaired) electrons. The third kappa shape index (κ3) is 4.87. The minimum absolute atomic E-state index is 0.0931. The molecule has 0 aliphatic carbocycles. The maximum atomic E-state index is 13.1. The van der Waals surface area contributed by atoms with Crippen molar-refractivity contribution in [3.05, 3.63) is 70.3 Å². The smallest absolute Gasteiger partial charge is 0.261 e. The molecule has 1 aromatic heterocycles. The second-order valence-electron chi connectivity index (χ2n) is 10.0. The Kier molecular flexibility index (Phi) is 6.68. The van der Waals surface area contributed by atoms with Crippen molar-refractivity contribution in [2.75, 3.05) is 45.2 Å². The SMILES string of the molecule is CN(C)C1CCCN(c2ccc3c(=O)n(C[C@H](O)CN4CCc5ccccc5C4)cnc3c2)C1. The van der Waals surface area contributed by atoms with E-state index in [0.717, 1.165) is 44.7 Å². The van der Waals surface area contributed by atoms with Gasteiger partial charge in [-0.15, -0.1) is 0 Å². The minimum atomic E-state index is -0.627. The highest BCUT2D eigenvalue weighted by Crippen LogP contribution is 2.24. The Morgan fingerprint density at radius 2 is 1.94 bits per heavy atom. The number of hydrogen-bond donors (Lipinski definition) is 1. The van der Waals surface area contributed by atoms with Gasteiger partial charge in [-0.25, -0.2) is 4.98 Å². The van der Waals surface area contributed by atoms with Crippen molar-refractivity contribution in [3.63, 3.8) is 0 Å². The van der Waals surface area contributed by atoms with Gasteiger partial charge in [-0.3, -0.25) is 14.3 Å². The number of aliphatic hydroxyl groups is 1. The summed E-state index contributed by atoms with van der Waals surface area (Å²) in [6.45, 7) is 4.57. The maximum absolute atomic E-state index is 13.1. The molecule has 34 heavy (non-hydrogen) atoms. The van der Waals surface area contributed by atoms with E-state index in [1.165, 1.54) is 17.5 Å². The zero-order valence-corrected chi connectivity index (χ0v) is 20.2. The van der Waals surface area contributed by atoms with Gasteiger partial charge in [-0.1, -0.05) is 24.3 Å². The van der Waals surface area contributed by atoms with Crippen molar-refractivity contribution in [2.45, 2.75) is 44.5 Å². The van der Waals surface area contributed by atoms with Crippen molar-refractivity contribution in [2.24, 2.45) is 0 Å². The highest BCUT2D eigenvalue weighted by Gasteiger charge is 2.22. The first-order chi connectivity index (χ1) is 16.5. The summed E-state index contributed by atoms with van der Waals surface area (Å²) in [4.78, 5) is 24.7. The molecular formula is C27H35N5O2. The molecule has 2 atom stereocenters. The van der Waals surface area contributed by atoms with Crippen LogP contribution in [0.2, 0.25) is 0 Å². The summed E-state index contributed by atoms with van der Waals surface area (Å²) in [5, 5.41) is 11.3. The summed E-state index contributed by atoms with van der Waals surface area (Å²) in [5.74, 6) is 0. The fourth-order valence-electron chi connectivity index (χ4n) is 5.38. The maximum Gasteiger partial charge on any atom is 0.261 e. The lowest BCUT2D eigenvalue weighted by Gasteiger charge is -2.37. The molecule has 2 aromatic carbocycles. The Bertz CT molecular complexity index is 1210. The van der Waals surface area contributed by atoms with Gasteiger partial charge in [0.25, 0.3) is 5.56 Å². The molecule has 3 heterocycles. The zero-order valence-electron chi connectivity index (χ0n) is 20.2. The molecule has 0 bridgehead atoms. The van der Waals surface area contributed by atoms with Gasteiger partial charge in [0.15, 0.2) is 0 Å². The predicted octanol–water partition coefficient (Wildman–Crippen LogP) is 2.35. The van der Waals surface area contributed by atoms with E-state index >= 15 is 0 Å². The van der Waals surface area contributed by atoms with E-state index in [9.17, 15) is 9.90 Å². The number of benzene rings is 2. The summed E-state index contributed by atoms with van der Waals surface area (Å²) < 4.78 is 1.55. The fraction of sp³-hybridized carbons (Fsp3) is 0.481. The second-order valence-corrected chi connectivity index (χ2v) is 10.0. The van der Waals surface area contributed by atoms with E-state index in [1.54, 1.807) is 10.9 Å². The van der Waals surface area contributed by atoms with Crippen LogP contribution in [0.1, 0.15) is 24.0 Å². The molecule has 0 saturated carbocycles. The Morgan fingerprint density at radius 3 is 2.76 bits per heavy atom. The van der Waals surface area contributed by atoms with Gasteiger partial charge in [0.2, 0.25) is 0 Å². The summed E-state index contributed by atoms with van der Waals surface area (Å²) in [6, 6.07) is 15.0. The van der Waals surface area contributed by atoms with Gasteiger partial charge in [-0.05, 0) is 62.7 Å². The molecule has 180 valence electrons. The number of aromatic nitrogens is 2. The lowest BCUT2D eigenvalue weighted by atomic mass is 10.00. The van der Waals surface area contributed by atoms with Crippen LogP contribution in [0.15, 0.2) is 53.6 Å². The predicted molar refractivity (Wildman–Crippen MR) is 136 cm³/mol. The first-order valence-electron chi connectivity index (χ1n) is 12.4. The van der Waals surface area contributed by atoms with Crippen molar-refractivity contribution in [1.29, 1.82) is 0 Å². The minimum Gasteiger partial charge on any atom is -0.390 e. The largest absolute Gasteiger partial charge is 0.390 e. The summed E-state index contributed by atoms with van der Waals surface area (Å²) in [7, 11) is 4.27. The van der Waals surface area contributed by atoms with Crippen LogP contribution in [-0.2, 0) is 19.5 Å². The molecule has 2 aliphatic rings. The van der Waals surface area contributed by atoms with Crippen molar-refractivity contribution < 1.29 is 5.11 Å². The number of fused-ring (bicyclic) bond motifs is 2. The topological polar surface area (TPSA) is 64.8 Å². The molecule has 1 unspecified atom stereocenters. The Morgan fingerprint density at radius 1 is 1.12 bits per heavy atom. The van der Waals surface area contributed by atoms with Crippen LogP contribution in [-0.4, -0.2) is 76.9 Å². The van der Waals surface area contributed by atoms with Crippen LogP contribution >= 0.6 is 0 Å². The van der Waals surface area contributed by atoms with Gasteiger partial charge >= 0.3 is 0 Å². The van der Waals surface area contributed by atoms with Gasteiger partial charge in [0.05, 0.1) is 29.9 Å². The van der Waals surface area contributed by atoms with Gasteiger partial charge < -0.3 is 14.9 Å². The number of anilines is 1. The number of nitrogens with zero attached hydrogens (tertiary/aromatic N) is 5. The number of piperidine rings is 1. The van der Waals surface area contributed by atoms with E-state index in [2.05, 4.69) is 58.0 Å². The van der Waals surface area contributed by atoms with Gasteiger partial charge in [0, 0.05) is 44.5 Å². The van der Waals surface area contributed by atoms with E-state index in [1.807, 2.05) is 18.2 Å². The molecule has 7 heteroatoms. The summed E-state index contributed by atoms with van der Waals surface area (Å²) >= 11 is 0. The Hall–Kier alpha value is -2.74. The van der Waals surface area contributed by atoms with Crippen molar-refractivity contribution in [3.8, 4) is 0 Å². The molecule has 1 N–H and O–H groups in total. The molecule has 0 amide bonds. The molecule has 5 rings (SSSR count). The van der Waals surface area contributed by atoms with E-state index in [0.29, 0.717) is 23.5 Å². The van der Waals surface area contributed by atoms with Crippen LogP contribution in [0.4, 0.5) is 5.69 Å². The highest BCUT2D eigenvalue weighted by molar-refractivity contribution is 5.81. The molecule has 3 aromatic rings. The molecule has 0 spiro atoms. The van der Waals surface area contributed by atoms with Gasteiger partial charge in [0.1, 0.15) is 0 Å². The fourth-order valence-corrected chi connectivity index (χ4v) is 5.38. The first kappa shape index (κ1) is 23.0. The van der Waals surface area contributed by atoms with E-state index in [-0.39, 0.29) is 12.1 Å². The lowest BCUT2D eigenvalue weighted by molar-refractivity contribution is 0.0908. The third-order valence-electron chi connectivity index (χ3n) is 7.39. The van der Waals surface area contributed by atoms with Crippen LogP contribution in [0, 0.1) is 0 Å². The molecule has 7 nitrogen and oxygen atoms in total. The number of hydrogen-bond acceptors (Lipinski definition) is 6. The third-order valence-corrected chi connectivity index (χ3v) is 7.39. The van der Waals surface area contributed by atoms with E-state index in [4.69, 9.17) is 0 Å². The van der Waals surface area contributed by atoms with Gasteiger partial charge in [-0.2, -0.15) is 0 Å². The van der Waals surface area contributed by atoms with Crippen LogP contribution in [0.25, 0.3) is 10.9 Å². The number of rotatable bonds is 6. The summed E-state index contributed by atoms with van der Waals surface area (Å²) in [6.07, 6.45) is 4.33. The quantitative estimate of drug-likeness (QED) is 0.608. The van der Waals surface area contributed by atoms with Crippen molar-refractivity contribution in [1.82, 2.24) is 19.4 Å². The van der Waals surface area contributed by atoms with Crippen molar-refractivity contribution >= 4 is 16.6 Å². The van der Waals surface area contributed by atoms with Crippen LogP contribution in [0.5, 0.6) is 0 Å². The lowest BCUT2D eigenvalue weighted by Crippen LogP contribution is -2.45. The first-order valence-corrected chi connectivity index (χ1v) is 12.4. The number of β-amino-alcohol motifs (C(OH)–C–C–N with tert-alkyl or cyclic N) is 1.